The van der Waals surface area contributed by atoms with E-state index in [0.717, 1.165) is 27.3 Å². The van der Waals surface area contributed by atoms with Crippen molar-refractivity contribution in [2.45, 2.75) is 0 Å². The number of nitrogens with zero attached hydrogens (tertiary/aromatic N) is 3. The average Bonchev–Trinajstić information content (AvgIpc) is 2.81. The second kappa shape index (κ2) is 4.42. The van der Waals surface area contributed by atoms with Crippen LogP contribution in [-0.4, -0.2) is 21.7 Å². The van der Waals surface area contributed by atoms with E-state index in [1.54, 1.807) is 7.11 Å². The Morgan fingerprint density at radius 1 is 1.17 bits per heavy atom. The summed E-state index contributed by atoms with van der Waals surface area (Å²) in [5.41, 5.74) is 1.80. The summed E-state index contributed by atoms with van der Waals surface area (Å²) in [6, 6.07) is 11.7. The molecule has 0 saturated carbocycles. The molecule has 4 nitrogen and oxygen atoms in total. The highest BCUT2D eigenvalue weighted by molar-refractivity contribution is 9.10. The fourth-order valence-corrected chi connectivity index (χ4v) is 2.22. The zero-order chi connectivity index (χ0) is 12.5. The first-order chi connectivity index (χ1) is 8.78. The van der Waals surface area contributed by atoms with Gasteiger partial charge in [0.2, 0.25) is 0 Å². The van der Waals surface area contributed by atoms with Crippen molar-refractivity contribution >= 4 is 21.6 Å². The molecule has 0 unspecified atom stereocenters. The maximum Gasteiger partial charge on any atom is 0.168 e. The molecule has 18 heavy (non-hydrogen) atoms. The Balaban J connectivity index is 2.22. The quantitative estimate of drug-likeness (QED) is 0.730. The molecular weight excluding hydrogens is 294 g/mol. The summed E-state index contributed by atoms with van der Waals surface area (Å²) in [5.74, 6) is 1.57. The number of pyridine rings is 1. The first kappa shape index (κ1) is 11.2. The minimum atomic E-state index is 0.776. The van der Waals surface area contributed by atoms with Crippen molar-refractivity contribution < 1.29 is 4.74 Å². The molecule has 0 bridgehead atoms. The molecule has 0 fully saturated rings. The highest BCUT2D eigenvalue weighted by atomic mass is 79.9. The molecule has 0 N–H and O–H groups in total. The number of benzene rings is 1. The Hall–Kier alpha value is -1.88. The van der Waals surface area contributed by atoms with Crippen LogP contribution in [0.25, 0.3) is 17.0 Å². The molecule has 2 heterocycles. The third kappa shape index (κ3) is 1.86. The number of ether oxygens (including phenoxy) is 1. The van der Waals surface area contributed by atoms with Crippen LogP contribution < -0.4 is 4.74 Å². The van der Waals surface area contributed by atoms with Crippen molar-refractivity contribution in [2.75, 3.05) is 7.11 Å². The SMILES string of the molecule is COc1ccc2nnc(-c3cccc(Br)c3)n2c1. The van der Waals surface area contributed by atoms with Crippen LogP contribution in [0.5, 0.6) is 5.75 Å². The molecule has 90 valence electrons. The number of hydrogen-bond donors (Lipinski definition) is 0. The van der Waals surface area contributed by atoms with Gasteiger partial charge in [-0.15, -0.1) is 10.2 Å². The third-order valence-electron chi connectivity index (χ3n) is 2.69. The summed E-state index contributed by atoms with van der Waals surface area (Å²) in [7, 11) is 1.64. The summed E-state index contributed by atoms with van der Waals surface area (Å²) in [4.78, 5) is 0. The molecule has 0 radical (unpaired) electrons. The molecular formula is C13H10BrN3O. The number of fused-ring (bicyclic) bond motifs is 1. The Labute approximate surface area is 112 Å². The lowest BCUT2D eigenvalue weighted by Gasteiger charge is -2.03. The zero-order valence-corrected chi connectivity index (χ0v) is 11.3. The average molecular weight is 304 g/mol. The van der Waals surface area contributed by atoms with Crippen LogP contribution in [0.3, 0.4) is 0 Å². The van der Waals surface area contributed by atoms with Crippen LogP contribution in [-0.2, 0) is 0 Å². The number of aromatic nitrogens is 3. The molecule has 0 saturated heterocycles. The molecule has 0 aliphatic carbocycles. The lowest BCUT2D eigenvalue weighted by molar-refractivity contribution is 0.412. The van der Waals surface area contributed by atoms with E-state index in [4.69, 9.17) is 4.74 Å². The van der Waals surface area contributed by atoms with Gasteiger partial charge in [0.1, 0.15) is 5.75 Å². The van der Waals surface area contributed by atoms with Crippen LogP contribution in [0.15, 0.2) is 47.1 Å². The van der Waals surface area contributed by atoms with E-state index >= 15 is 0 Å². The topological polar surface area (TPSA) is 39.4 Å². The molecule has 0 atom stereocenters. The van der Waals surface area contributed by atoms with Crippen LogP contribution in [0.1, 0.15) is 0 Å². The van der Waals surface area contributed by atoms with Gasteiger partial charge in [-0.2, -0.15) is 0 Å². The van der Waals surface area contributed by atoms with Crippen molar-refractivity contribution in [3.8, 4) is 17.1 Å². The van der Waals surface area contributed by atoms with E-state index < -0.39 is 0 Å². The first-order valence-electron chi connectivity index (χ1n) is 5.42. The van der Waals surface area contributed by atoms with Crippen molar-refractivity contribution in [1.29, 1.82) is 0 Å². The van der Waals surface area contributed by atoms with Crippen molar-refractivity contribution in [3.05, 3.63) is 47.1 Å². The van der Waals surface area contributed by atoms with Crippen LogP contribution >= 0.6 is 15.9 Å². The van der Waals surface area contributed by atoms with E-state index in [-0.39, 0.29) is 0 Å². The normalized spacial score (nSPS) is 10.8. The Morgan fingerprint density at radius 2 is 2.06 bits per heavy atom. The van der Waals surface area contributed by atoms with Crippen molar-refractivity contribution in [1.82, 2.24) is 14.6 Å². The number of hydrogen-bond acceptors (Lipinski definition) is 3. The molecule has 0 aliphatic rings. The fraction of sp³-hybridized carbons (Fsp3) is 0.0769. The Bertz CT molecular complexity index is 708. The molecule has 0 spiro atoms. The van der Waals surface area contributed by atoms with Gasteiger partial charge in [0, 0.05) is 10.0 Å². The summed E-state index contributed by atoms with van der Waals surface area (Å²) >= 11 is 3.46. The molecule has 2 aromatic heterocycles. The van der Waals surface area contributed by atoms with E-state index in [0.29, 0.717) is 0 Å². The standard InChI is InChI=1S/C13H10BrN3O/c1-18-11-5-6-12-15-16-13(17(12)8-11)9-3-2-4-10(14)7-9/h2-8H,1H3. The number of methoxy groups -OCH3 is 1. The molecule has 3 rings (SSSR count). The van der Waals surface area contributed by atoms with E-state index in [1.165, 1.54) is 0 Å². The van der Waals surface area contributed by atoms with E-state index in [1.807, 2.05) is 47.0 Å². The second-order valence-corrected chi connectivity index (χ2v) is 4.75. The van der Waals surface area contributed by atoms with E-state index in [9.17, 15) is 0 Å². The van der Waals surface area contributed by atoms with Gasteiger partial charge in [-0.1, -0.05) is 28.1 Å². The maximum atomic E-state index is 5.22. The summed E-state index contributed by atoms with van der Waals surface area (Å²) in [6.45, 7) is 0. The molecule has 3 aromatic rings. The maximum absolute atomic E-state index is 5.22. The van der Waals surface area contributed by atoms with Gasteiger partial charge in [-0.3, -0.25) is 4.40 Å². The monoisotopic (exact) mass is 303 g/mol. The van der Waals surface area contributed by atoms with Gasteiger partial charge in [0.05, 0.1) is 13.3 Å². The molecule has 1 aromatic carbocycles. The predicted molar refractivity (Wildman–Crippen MR) is 72.7 cm³/mol. The van der Waals surface area contributed by atoms with Gasteiger partial charge in [0.25, 0.3) is 0 Å². The smallest absolute Gasteiger partial charge is 0.168 e. The fourth-order valence-electron chi connectivity index (χ4n) is 1.82. The van der Waals surface area contributed by atoms with Gasteiger partial charge < -0.3 is 4.74 Å². The summed E-state index contributed by atoms with van der Waals surface area (Å²) in [5, 5.41) is 8.36. The number of halogens is 1. The highest BCUT2D eigenvalue weighted by Crippen LogP contribution is 2.23. The van der Waals surface area contributed by atoms with Crippen LogP contribution in [0, 0.1) is 0 Å². The number of rotatable bonds is 2. The largest absolute Gasteiger partial charge is 0.495 e. The molecule has 0 amide bonds. The summed E-state index contributed by atoms with van der Waals surface area (Å²) < 4.78 is 8.15. The van der Waals surface area contributed by atoms with Gasteiger partial charge in [-0.05, 0) is 24.3 Å². The minimum Gasteiger partial charge on any atom is -0.495 e. The van der Waals surface area contributed by atoms with Crippen LogP contribution in [0.2, 0.25) is 0 Å². The minimum absolute atomic E-state index is 0.776. The van der Waals surface area contributed by atoms with Gasteiger partial charge in [0.15, 0.2) is 11.5 Å². The van der Waals surface area contributed by atoms with Gasteiger partial charge in [-0.25, -0.2) is 0 Å². The predicted octanol–water partition coefficient (Wildman–Crippen LogP) is 3.17. The summed E-state index contributed by atoms with van der Waals surface area (Å²) in [6.07, 6.45) is 1.88. The third-order valence-corrected chi connectivity index (χ3v) is 3.19. The second-order valence-electron chi connectivity index (χ2n) is 3.83. The highest BCUT2D eigenvalue weighted by Gasteiger charge is 2.08. The van der Waals surface area contributed by atoms with Crippen molar-refractivity contribution in [2.24, 2.45) is 0 Å². The van der Waals surface area contributed by atoms with Gasteiger partial charge >= 0.3 is 0 Å². The first-order valence-corrected chi connectivity index (χ1v) is 6.22. The molecule has 5 heteroatoms. The Morgan fingerprint density at radius 3 is 2.83 bits per heavy atom. The van der Waals surface area contributed by atoms with E-state index in [2.05, 4.69) is 26.1 Å². The molecule has 0 aliphatic heterocycles. The Kier molecular flexibility index (Phi) is 2.76. The lowest BCUT2D eigenvalue weighted by atomic mass is 10.2. The van der Waals surface area contributed by atoms with Crippen molar-refractivity contribution in [3.63, 3.8) is 0 Å². The zero-order valence-electron chi connectivity index (χ0n) is 9.67. The van der Waals surface area contributed by atoms with Crippen LogP contribution in [0.4, 0.5) is 0 Å². The lowest BCUT2D eigenvalue weighted by Crippen LogP contribution is -1.91.